The van der Waals surface area contributed by atoms with Crippen molar-refractivity contribution in [3.05, 3.63) is 0 Å². The Kier molecular flexibility index (Phi) is 70.3. The summed E-state index contributed by atoms with van der Waals surface area (Å²) >= 11 is 0. The van der Waals surface area contributed by atoms with Gasteiger partial charge in [-0.3, -0.25) is 37.3 Å². The van der Waals surface area contributed by atoms with E-state index >= 15 is 0 Å². The number of rotatable bonds is 79. The molecule has 0 aliphatic rings. The molecule has 17 nitrogen and oxygen atoms in total. The maximum Gasteiger partial charge on any atom is 0.472 e. The number of carbonyl (C=O) groups is 4. The molecule has 0 amide bonds. The SMILES string of the molecule is CCCCCCCCCCCCCCCCCCCCC(=O)OC[C@H](COP(=O)(O)OC[C@@H](O)COP(=O)(O)OC[C@@H](COC(=O)CCCCCCCCC)OC(=O)CCCCCCCCCCCCCCC(C)C)OC(=O)CCCCCCCCCCCCCCCCCCC(C)C. The summed E-state index contributed by atoms with van der Waals surface area (Å²) in [6, 6.07) is 0. The number of aliphatic hydroxyl groups is 1. The zero-order chi connectivity index (χ0) is 72.8. The fourth-order valence-electron chi connectivity index (χ4n) is 12.4. The Labute approximate surface area is 607 Å². The highest BCUT2D eigenvalue weighted by Gasteiger charge is 2.30. The molecule has 0 spiro atoms. The molecular weight excluding hydrogens is 1290 g/mol. The van der Waals surface area contributed by atoms with E-state index in [1.807, 2.05) is 0 Å². The molecule has 19 heteroatoms. The Hall–Kier alpha value is -1.94. The minimum absolute atomic E-state index is 0.107. The molecule has 0 rings (SSSR count). The fourth-order valence-corrected chi connectivity index (χ4v) is 13.9. The van der Waals surface area contributed by atoms with Crippen LogP contribution in [0.25, 0.3) is 0 Å². The third-order valence-corrected chi connectivity index (χ3v) is 20.6. The van der Waals surface area contributed by atoms with Crippen molar-refractivity contribution in [2.24, 2.45) is 11.8 Å². The number of carbonyl (C=O) groups excluding carboxylic acids is 4. The van der Waals surface area contributed by atoms with Gasteiger partial charge < -0.3 is 33.8 Å². The van der Waals surface area contributed by atoms with E-state index in [-0.39, 0.29) is 25.7 Å². The van der Waals surface area contributed by atoms with Crippen LogP contribution >= 0.6 is 15.6 Å². The molecule has 5 atom stereocenters. The summed E-state index contributed by atoms with van der Waals surface area (Å²) < 4.78 is 68.6. The average molecular weight is 1450 g/mol. The van der Waals surface area contributed by atoms with E-state index < -0.39 is 97.5 Å². The predicted octanol–water partition coefficient (Wildman–Crippen LogP) is 23.9. The maximum absolute atomic E-state index is 13.1. The van der Waals surface area contributed by atoms with E-state index in [1.54, 1.807) is 0 Å². The van der Waals surface area contributed by atoms with Gasteiger partial charge in [-0.25, -0.2) is 9.13 Å². The molecule has 0 heterocycles. The van der Waals surface area contributed by atoms with Crippen LogP contribution in [0.1, 0.15) is 420 Å². The molecule has 0 aromatic carbocycles. The third kappa shape index (κ3) is 74.1. The summed E-state index contributed by atoms with van der Waals surface area (Å²) in [6.45, 7) is 9.63. The molecule has 0 aliphatic heterocycles. The molecule has 3 N–H and O–H groups in total. The first-order valence-electron chi connectivity index (χ1n) is 41.5. The van der Waals surface area contributed by atoms with Crippen LogP contribution in [0.3, 0.4) is 0 Å². The van der Waals surface area contributed by atoms with Crippen molar-refractivity contribution in [2.45, 2.75) is 439 Å². The van der Waals surface area contributed by atoms with E-state index in [4.69, 9.17) is 37.0 Å². The Morgan fingerprint density at radius 3 is 0.687 bits per heavy atom. The smallest absolute Gasteiger partial charge is 0.462 e. The van der Waals surface area contributed by atoms with Gasteiger partial charge in [0.05, 0.1) is 26.4 Å². The molecule has 0 aromatic heterocycles. The molecular formula is C80H156O17P2. The molecule has 0 radical (unpaired) electrons. The number of hydrogen-bond acceptors (Lipinski definition) is 15. The number of hydrogen-bond donors (Lipinski definition) is 3. The number of ether oxygens (including phenoxy) is 4. The van der Waals surface area contributed by atoms with Gasteiger partial charge in [0.15, 0.2) is 12.2 Å². The largest absolute Gasteiger partial charge is 0.472 e. The lowest BCUT2D eigenvalue weighted by atomic mass is 10.0. The zero-order valence-corrected chi connectivity index (χ0v) is 66.6. The van der Waals surface area contributed by atoms with Crippen LogP contribution in [-0.4, -0.2) is 96.7 Å². The van der Waals surface area contributed by atoms with E-state index in [0.717, 1.165) is 115 Å². The molecule has 0 bridgehead atoms. The zero-order valence-electron chi connectivity index (χ0n) is 64.8. The Morgan fingerprint density at radius 1 is 0.273 bits per heavy atom. The molecule has 0 fully saturated rings. The second-order valence-electron chi connectivity index (χ2n) is 29.8. The van der Waals surface area contributed by atoms with Crippen LogP contribution in [0.15, 0.2) is 0 Å². The molecule has 588 valence electrons. The topological polar surface area (TPSA) is 237 Å². The average Bonchev–Trinajstić information content (AvgIpc) is 1.23. The molecule has 0 saturated carbocycles. The van der Waals surface area contributed by atoms with Crippen LogP contribution in [0.2, 0.25) is 0 Å². The highest BCUT2D eigenvalue weighted by molar-refractivity contribution is 7.47. The van der Waals surface area contributed by atoms with Crippen LogP contribution < -0.4 is 0 Å². The third-order valence-electron chi connectivity index (χ3n) is 18.7. The summed E-state index contributed by atoms with van der Waals surface area (Å²) in [5.41, 5.74) is 0. The predicted molar refractivity (Wildman–Crippen MR) is 405 cm³/mol. The first-order valence-corrected chi connectivity index (χ1v) is 44.5. The minimum Gasteiger partial charge on any atom is -0.462 e. The van der Waals surface area contributed by atoms with Crippen molar-refractivity contribution in [1.82, 2.24) is 0 Å². The van der Waals surface area contributed by atoms with Crippen molar-refractivity contribution in [2.75, 3.05) is 39.6 Å². The number of phosphoric ester groups is 2. The maximum atomic E-state index is 13.1. The lowest BCUT2D eigenvalue weighted by Crippen LogP contribution is -2.30. The molecule has 0 aromatic rings. The van der Waals surface area contributed by atoms with Gasteiger partial charge in [0.2, 0.25) is 0 Å². The van der Waals surface area contributed by atoms with E-state index in [2.05, 4.69) is 41.5 Å². The van der Waals surface area contributed by atoms with Crippen LogP contribution in [0.4, 0.5) is 0 Å². The lowest BCUT2D eigenvalue weighted by molar-refractivity contribution is -0.161. The van der Waals surface area contributed by atoms with Gasteiger partial charge in [0, 0.05) is 25.7 Å². The quantitative estimate of drug-likeness (QED) is 0.0222. The van der Waals surface area contributed by atoms with Gasteiger partial charge >= 0.3 is 39.5 Å². The summed E-state index contributed by atoms with van der Waals surface area (Å²) in [6.07, 6.45) is 61.2. The van der Waals surface area contributed by atoms with Gasteiger partial charge in [-0.1, -0.05) is 369 Å². The number of aliphatic hydroxyl groups excluding tert-OH is 1. The van der Waals surface area contributed by atoms with Crippen molar-refractivity contribution in [1.29, 1.82) is 0 Å². The highest BCUT2D eigenvalue weighted by atomic mass is 31.2. The van der Waals surface area contributed by atoms with Crippen molar-refractivity contribution < 1.29 is 80.2 Å². The van der Waals surface area contributed by atoms with Crippen molar-refractivity contribution >= 4 is 39.5 Å². The monoisotopic (exact) mass is 1450 g/mol. The molecule has 0 saturated heterocycles. The van der Waals surface area contributed by atoms with Gasteiger partial charge in [-0.2, -0.15) is 0 Å². The standard InChI is InChI=1S/C80H156O17P2/c1-7-9-11-13-15-16-17-18-19-20-21-25-28-34-39-45-51-57-63-78(83)91-69-76(97-80(85)64-58-52-46-40-35-29-26-23-22-24-27-32-37-43-48-54-60-72(3)4)71-95-99(88,89)93-67-74(81)66-92-98(86,87)94-70-75(68-90-77(82)62-56-50-42-14-12-10-8-2)96-79(84)65-59-53-47-41-36-31-30-33-38-44-49-55-61-73(5)6/h72-76,81H,7-71H2,1-6H3,(H,86,87)(H,88,89)/t74-,75+,76+/m0/s1. The summed E-state index contributed by atoms with van der Waals surface area (Å²) in [4.78, 5) is 72.8. The van der Waals surface area contributed by atoms with Crippen LogP contribution in [-0.2, 0) is 65.4 Å². The van der Waals surface area contributed by atoms with Crippen molar-refractivity contribution in [3.63, 3.8) is 0 Å². The summed E-state index contributed by atoms with van der Waals surface area (Å²) in [7, 11) is -9.91. The first-order chi connectivity index (χ1) is 47.9. The van der Waals surface area contributed by atoms with E-state index in [1.165, 1.54) is 225 Å². The second kappa shape index (κ2) is 71.7. The molecule has 2 unspecified atom stereocenters. The van der Waals surface area contributed by atoms with E-state index in [0.29, 0.717) is 25.7 Å². The normalized spacial score (nSPS) is 13.9. The van der Waals surface area contributed by atoms with Gasteiger partial charge in [0.25, 0.3) is 0 Å². The Balaban J connectivity index is 5.18. The first kappa shape index (κ1) is 97.1. The Bertz CT molecular complexity index is 1910. The second-order valence-corrected chi connectivity index (χ2v) is 32.7. The lowest BCUT2D eigenvalue weighted by Gasteiger charge is -2.21. The minimum atomic E-state index is -4.96. The van der Waals surface area contributed by atoms with Gasteiger partial charge in [0.1, 0.15) is 19.3 Å². The highest BCUT2D eigenvalue weighted by Crippen LogP contribution is 2.45. The van der Waals surface area contributed by atoms with Crippen molar-refractivity contribution in [3.8, 4) is 0 Å². The van der Waals surface area contributed by atoms with E-state index in [9.17, 15) is 43.2 Å². The van der Waals surface area contributed by atoms with Crippen LogP contribution in [0, 0.1) is 11.8 Å². The fraction of sp³-hybridized carbons (Fsp3) is 0.950. The molecule has 99 heavy (non-hydrogen) atoms. The summed E-state index contributed by atoms with van der Waals surface area (Å²) in [5, 5.41) is 10.6. The Morgan fingerprint density at radius 2 is 0.465 bits per heavy atom. The molecule has 0 aliphatic carbocycles. The van der Waals surface area contributed by atoms with Crippen LogP contribution in [0.5, 0.6) is 0 Å². The number of esters is 4. The number of phosphoric acid groups is 2. The van der Waals surface area contributed by atoms with Gasteiger partial charge in [-0.05, 0) is 37.5 Å². The summed E-state index contributed by atoms with van der Waals surface area (Å²) in [5.74, 6) is -0.528. The number of unbranched alkanes of at least 4 members (excludes halogenated alkanes) is 49. The van der Waals surface area contributed by atoms with Gasteiger partial charge in [-0.15, -0.1) is 0 Å².